The molecule has 1 saturated carbocycles. The number of hydrogen-bond donors (Lipinski definition) is 1. The lowest BCUT2D eigenvalue weighted by atomic mass is 9.82. The van der Waals surface area contributed by atoms with E-state index in [2.05, 4.69) is 10.1 Å². The van der Waals surface area contributed by atoms with Gasteiger partial charge in [-0.2, -0.15) is 4.98 Å². The van der Waals surface area contributed by atoms with E-state index in [-0.39, 0.29) is 0 Å². The maximum absolute atomic E-state index is 5.64. The van der Waals surface area contributed by atoms with Gasteiger partial charge in [-0.05, 0) is 45.1 Å². The van der Waals surface area contributed by atoms with Crippen molar-refractivity contribution in [2.75, 3.05) is 6.54 Å². The molecule has 0 atom stereocenters. The molecule has 0 bridgehead atoms. The lowest BCUT2D eigenvalue weighted by molar-refractivity contribution is 0.274. The topological polar surface area (TPSA) is 64.9 Å². The van der Waals surface area contributed by atoms with Crippen LogP contribution in [-0.2, 0) is 0 Å². The highest BCUT2D eigenvalue weighted by atomic mass is 16.5. The average molecular weight is 195 g/mol. The fraction of sp³-hybridized carbons (Fsp3) is 0.800. The molecule has 1 aliphatic carbocycles. The van der Waals surface area contributed by atoms with Gasteiger partial charge in [0.2, 0.25) is 5.89 Å². The lowest BCUT2D eigenvalue weighted by Crippen LogP contribution is -2.20. The van der Waals surface area contributed by atoms with Crippen LogP contribution in [0.5, 0.6) is 0 Å². The van der Waals surface area contributed by atoms with Crippen LogP contribution in [0.1, 0.15) is 43.3 Å². The van der Waals surface area contributed by atoms with Crippen molar-refractivity contribution < 1.29 is 4.52 Å². The number of aromatic nitrogens is 2. The first-order chi connectivity index (χ1) is 6.79. The number of rotatable bonds is 2. The fourth-order valence-electron chi connectivity index (χ4n) is 2.12. The van der Waals surface area contributed by atoms with Crippen molar-refractivity contribution in [3.05, 3.63) is 11.7 Å². The van der Waals surface area contributed by atoms with Crippen LogP contribution in [0.3, 0.4) is 0 Å². The Bertz CT molecular complexity index is 289. The number of hydrogen-bond acceptors (Lipinski definition) is 4. The highest BCUT2D eigenvalue weighted by Crippen LogP contribution is 2.34. The summed E-state index contributed by atoms with van der Waals surface area (Å²) in [5.41, 5.74) is 5.64. The third-order valence-corrected chi connectivity index (χ3v) is 3.07. The van der Waals surface area contributed by atoms with E-state index in [1.165, 1.54) is 12.8 Å². The second-order valence-electron chi connectivity index (χ2n) is 4.13. The summed E-state index contributed by atoms with van der Waals surface area (Å²) < 4.78 is 5.18. The Morgan fingerprint density at radius 1 is 1.36 bits per heavy atom. The molecule has 0 saturated heterocycles. The molecule has 1 fully saturated rings. The average Bonchev–Trinajstić information content (AvgIpc) is 2.65. The second kappa shape index (κ2) is 4.09. The third kappa shape index (κ3) is 1.95. The Labute approximate surface area is 83.9 Å². The van der Waals surface area contributed by atoms with Crippen LogP contribution in [0.4, 0.5) is 0 Å². The van der Waals surface area contributed by atoms with Crippen molar-refractivity contribution in [2.45, 2.75) is 38.5 Å². The minimum absolute atomic E-state index is 0.471. The van der Waals surface area contributed by atoms with E-state index in [1.807, 2.05) is 6.92 Å². The minimum atomic E-state index is 0.471. The van der Waals surface area contributed by atoms with Gasteiger partial charge in [-0.25, -0.2) is 0 Å². The third-order valence-electron chi connectivity index (χ3n) is 3.07. The van der Waals surface area contributed by atoms with Crippen molar-refractivity contribution in [3.8, 4) is 0 Å². The van der Waals surface area contributed by atoms with Gasteiger partial charge in [0.15, 0.2) is 5.82 Å². The van der Waals surface area contributed by atoms with Gasteiger partial charge in [0.05, 0.1) is 0 Å². The lowest BCUT2D eigenvalue weighted by Gasteiger charge is -2.24. The quantitative estimate of drug-likeness (QED) is 0.778. The predicted octanol–water partition coefficient (Wildman–Crippen LogP) is 1.61. The summed E-state index contributed by atoms with van der Waals surface area (Å²) in [7, 11) is 0. The molecule has 0 radical (unpaired) electrons. The summed E-state index contributed by atoms with van der Waals surface area (Å²) >= 11 is 0. The summed E-state index contributed by atoms with van der Waals surface area (Å²) in [5, 5.41) is 3.82. The summed E-state index contributed by atoms with van der Waals surface area (Å²) in [4.78, 5) is 4.28. The van der Waals surface area contributed by atoms with Crippen LogP contribution in [0, 0.1) is 12.8 Å². The van der Waals surface area contributed by atoms with Gasteiger partial charge >= 0.3 is 0 Å². The van der Waals surface area contributed by atoms with Crippen molar-refractivity contribution in [1.29, 1.82) is 0 Å². The van der Waals surface area contributed by atoms with Gasteiger partial charge in [-0.15, -0.1) is 0 Å². The zero-order chi connectivity index (χ0) is 9.97. The van der Waals surface area contributed by atoms with Gasteiger partial charge in [0.25, 0.3) is 0 Å². The molecule has 4 heteroatoms. The largest absolute Gasteiger partial charge is 0.339 e. The smallest absolute Gasteiger partial charge is 0.229 e. The molecule has 1 aromatic heterocycles. The first-order valence-electron chi connectivity index (χ1n) is 5.30. The van der Waals surface area contributed by atoms with E-state index < -0.39 is 0 Å². The number of aryl methyl sites for hydroxylation is 1. The molecule has 2 N–H and O–H groups in total. The maximum atomic E-state index is 5.64. The molecule has 0 aromatic carbocycles. The van der Waals surface area contributed by atoms with E-state index in [0.29, 0.717) is 11.8 Å². The van der Waals surface area contributed by atoms with Crippen LogP contribution in [0.25, 0.3) is 0 Å². The molecule has 0 amide bonds. The Morgan fingerprint density at radius 2 is 2.07 bits per heavy atom. The monoisotopic (exact) mass is 195 g/mol. The fourth-order valence-corrected chi connectivity index (χ4v) is 2.12. The van der Waals surface area contributed by atoms with Crippen LogP contribution in [-0.4, -0.2) is 16.7 Å². The summed E-state index contributed by atoms with van der Waals surface area (Å²) in [6.07, 6.45) is 4.68. The van der Waals surface area contributed by atoms with Crippen molar-refractivity contribution in [3.63, 3.8) is 0 Å². The highest BCUT2D eigenvalue weighted by Gasteiger charge is 2.25. The van der Waals surface area contributed by atoms with E-state index >= 15 is 0 Å². The van der Waals surface area contributed by atoms with Crippen LogP contribution < -0.4 is 5.73 Å². The van der Waals surface area contributed by atoms with Gasteiger partial charge in [0, 0.05) is 5.92 Å². The Morgan fingerprint density at radius 3 is 2.57 bits per heavy atom. The Kier molecular flexibility index (Phi) is 2.82. The van der Waals surface area contributed by atoms with Crippen LogP contribution >= 0.6 is 0 Å². The standard InChI is InChI=1S/C10H17N3O/c1-7-12-10(14-13-7)9-4-2-8(6-11)3-5-9/h8-9H,2-6,11H2,1H3/t8-,9-. The first kappa shape index (κ1) is 9.65. The summed E-state index contributed by atoms with van der Waals surface area (Å²) in [5.74, 6) is 2.73. The summed E-state index contributed by atoms with van der Waals surface area (Å²) in [6, 6.07) is 0. The maximum Gasteiger partial charge on any atom is 0.229 e. The molecule has 0 spiro atoms. The van der Waals surface area contributed by atoms with E-state index in [1.54, 1.807) is 0 Å². The van der Waals surface area contributed by atoms with Crippen LogP contribution in [0.15, 0.2) is 4.52 Å². The normalized spacial score (nSPS) is 27.9. The van der Waals surface area contributed by atoms with Gasteiger partial charge in [0.1, 0.15) is 0 Å². The minimum Gasteiger partial charge on any atom is -0.339 e. The van der Waals surface area contributed by atoms with E-state index in [0.717, 1.165) is 31.1 Å². The molecule has 0 unspecified atom stereocenters. The van der Waals surface area contributed by atoms with Gasteiger partial charge in [-0.1, -0.05) is 5.16 Å². The molecule has 1 aromatic rings. The van der Waals surface area contributed by atoms with Crippen molar-refractivity contribution >= 4 is 0 Å². The SMILES string of the molecule is Cc1noc([C@H]2CC[C@H](CN)CC2)n1. The Hall–Kier alpha value is -0.900. The molecule has 14 heavy (non-hydrogen) atoms. The second-order valence-corrected chi connectivity index (χ2v) is 4.13. The molecule has 1 aliphatic rings. The molecule has 1 heterocycles. The summed E-state index contributed by atoms with van der Waals surface area (Å²) in [6.45, 7) is 2.67. The zero-order valence-corrected chi connectivity index (χ0v) is 8.57. The highest BCUT2D eigenvalue weighted by molar-refractivity contribution is 4.95. The van der Waals surface area contributed by atoms with E-state index in [9.17, 15) is 0 Å². The van der Waals surface area contributed by atoms with Gasteiger partial charge in [-0.3, -0.25) is 0 Å². The van der Waals surface area contributed by atoms with E-state index in [4.69, 9.17) is 10.3 Å². The number of nitrogens with zero attached hydrogens (tertiary/aromatic N) is 2. The molecule has 2 rings (SSSR count). The predicted molar refractivity (Wildman–Crippen MR) is 52.8 cm³/mol. The molecule has 4 nitrogen and oxygen atoms in total. The van der Waals surface area contributed by atoms with Crippen molar-refractivity contribution in [2.24, 2.45) is 11.7 Å². The zero-order valence-electron chi connectivity index (χ0n) is 8.57. The van der Waals surface area contributed by atoms with Gasteiger partial charge < -0.3 is 10.3 Å². The Balaban J connectivity index is 1.95. The first-order valence-corrected chi connectivity index (χ1v) is 5.30. The van der Waals surface area contributed by atoms with Crippen molar-refractivity contribution in [1.82, 2.24) is 10.1 Å². The number of nitrogens with two attached hydrogens (primary N) is 1. The molecular formula is C10H17N3O. The van der Waals surface area contributed by atoms with Crippen LogP contribution in [0.2, 0.25) is 0 Å². The molecular weight excluding hydrogens is 178 g/mol. The molecule has 0 aliphatic heterocycles. The molecule has 78 valence electrons.